The Morgan fingerprint density at radius 1 is 1.17 bits per heavy atom. The van der Waals surface area contributed by atoms with E-state index in [1.807, 2.05) is 18.2 Å². The van der Waals surface area contributed by atoms with Gasteiger partial charge >= 0.3 is 5.97 Å². The quantitative estimate of drug-likeness (QED) is 0.927. The first-order valence-corrected chi connectivity index (χ1v) is 7.10. The van der Waals surface area contributed by atoms with Crippen LogP contribution in [0.5, 0.6) is 11.7 Å². The third kappa shape index (κ3) is 3.51. The van der Waals surface area contributed by atoms with Crippen LogP contribution < -0.4 is 4.74 Å². The van der Waals surface area contributed by atoms with Crippen molar-refractivity contribution in [3.8, 4) is 11.7 Å². The molecule has 2 aromatic rings. The van der Waals surface area contributed by atoms with Crippen LogP contribution in [-0.2, 0) is 9.53 Å². The maximum Gasteiger partial charge on any atom is 0.334 e. The van der Waals surface area contributed by atoms with Crippen LogP contribution in [0.1, 0.15) is 10.6 Å². The number of hydrogen-bond donors (Lipinski definition) is 1. The van der Waals surface area contributed by atoms with Gasteiger partial charge in [0, 0.05) is 12.6 Å². The van der Waals surface area contributed by atoms with Crippen LogP contribution in [0.3, 0.4) is 0 Å². The third-order valence-electron chi connectivity index (χ3n) is 3.38. The van der Waals surface area contributed by atoms with Gasteiger partial charge in [0.05, 0.1) is 13.2 Å². The average Bonchev–Trinajstić information content (AvgIpc) is 3.03. The number of hydrogen-bond acceptors (Lipinski definition) is 5. The molecule has 0 spiro atoms. The first-order chi connectivity index (χ1) is 11.1. The van der Waals surface area contributed by atoms with Gasteiger partial charge in [-0.15, -0.1) is 0 Å². The van der Waals surface area contributed by atoms with Gasteiger partial charge in [0.15, 0.2) is 11.9 Å². The number of benzene rings is 1. The molecule has 1 unspecified atom stereocenters. The van der Waals surface area contributed by atoms with E-state index in [1.165, 1.54) is 11.0 Å². The van der Waals surface area contributed by atoms with Gasteiger partial charge in [-0.3, -0.25) is 4.79 Å². The molecule has 1 amide bonds. The van der Waals surface area contributed by atoms with Crippen LogP contribution in [-0.4, -0.2) is 47.7 Å². The smallest absolute Gasteiger partial charge is 0.334 e. The number of ether oxygens (including phenoxy) is 2. The van der Waals surface area contributed by atoms with Gasteiger partial charge in [0.25, 0.3) is 11.9 Å². The summed E-state index contributed by atoms with van der Waals surface area (Å²) in [4.78, 5) is 24.7. The molecule has 1 atom stereocenters. The lowest BCUT2D eigenvalue weighted by molar-refractivity contribution is -0.154. The van der Waals surface area contributed by atoms with Crippen LogP contribution in [0.25, 0.3) is 0 Å². The van der Waals surface area contributed by atoms with E-state index in [1.54, 1.807) is 18.2 Å². The highest BCUT2D eigenvalue weighted by Crippen LogP contribution is 2.24. The molecule has 1 fully saturated rings. The number of nitrogens with zero attached hydrogens (tertiary/aromatic N) is 1. The number of carbonyl (C=O) groups excluding carboxylic acids is 1. The van der Waals surface area contributed by atoms with Crippen LogP contribution in [0.2, 0.25) is 0 Å². The number of rotatable bonds is 4. The second-order valence-corrected chi connectivity index (χ2v) is 4.98. The predicted octanol–water partition coefficient (Wildman–Crippen LogP) is 2.00. The summed E-state index contributed by atoms with van der Waals surface area (Å²) in [5, 5.41) is 8.97. The number of furan rings is 1. The lowest BCUT2D eigenvalue weighted by Gasteiger charge is -2.30. The number of para-hydroxylation sites is 1. The maximum absolute atomic E-state index is 12.4. The molecule has 1 aromatic heterocycles. The van der Waals surface area contributed by atoms with Crippen LogP contribution in [0.4, 0.5) is 0 Å². The van der Waals surface area contributed by atoms with Crippen molar-refractivity contribution < 1.29 is 28.6 Å². The van der Waals surface area contributed by atoms with Crippen LogP contribution in [0, 0.1) is 0 Å². The summed E-state index contributed by atoms with van der Waals surface area (Å²) in [5.74, 6) is -0.583. The molecule has 120 valence electrons. The standard InChI is InChI=1S/C16H15NO6/c18-15(17-8-9-21-13(10-17)16(19)20)12-6-7-14(23-12)22-11-4-2-1-3-5-11/h1-7,13H,8-10H2,(H,19,20). The maximum atomic E-state index is 12.4. The highest BCUT2D eigenvalue weighted by molar-refractivity contribution is 5.92. The molecule has 0 bridgehead atoms. The normalized spacial score (nSPS) is 17.7. The van der Waals surface area contributed by atoms with Gasteiger partial charge in [-0.25, -0.2) is 4.79 Å². The predicted molar refractivity (Wildman–Crippen MR) is 78.5 cm³/mol. The molecule has 0 aliphatic carbocycles. The van der Waals surface area contributed by atoms with Gasteiger partial charge in [0.1, 0.15) is 5.75 Å². The minimum atomic E-state index is -1.09. The number of aliphatic carboxylic acids is 1. The summed E-state index contributed by atoms with van der Waals surface area (Å²) in [6, 6.07) is 12.1. The highest BCUT2D eigenvalue weighted by Gasteiger charge is 2.30. The van der Waals surface area contributed by atoms with Crippen molar-refractivity contribution in [2.75, 3.05) is 19.7 Å². The lowest BCUT2D eigenvalue weighted by atomic mass is 10.2. The van der Waals surface area contributed by atoms with Gasteiger partial charge in [0.2, 0.25) is 0 Å². The molecule has 1 N–H and O–H groups in total. The Balaban J connectivity index is 1.67. The molecule has 1 aliphatic rings. The van der Waals surface area contributed by atoms with E-state index >= 15 is 0 Å². The van der Waals surface area contributed by atoms with E-state index in [0.717, 1.165) is 0 Å². The Morgan fingerprint density at radius 2 is 1.96 bits per heavy atom. The average molecular weight is 317 g/mol. The van der Waals surface area contributed by atoms with Gasteiger partial charge < -0.3 is 23.9 Å². The summed E-state index contributed by atoms with van der Waals surface area (Å²) < 4.78 is 16.0. The Kier molecular flexibility index (Phi) is 4.29. The summed E-state index contributed by atoms with van der Waals surface area (Å²) >= 11 is 0. The Hall–Kier alpha value is -2.80. The molecule has 7 heteroatoms. The number of carboxylic acid groups (broad SMARTS) is 1. The molecule has 7 nitrogen and oxygen atoms in total. The SMILES string of the molecule is O=C(O)C1CN(C(=O)c2ccc(Oc3ccccc3)o2)CCO1. The number of amides is 1. The van der Waals surface area contributed by atoms with Crippen molar-refractivity contribution in [1.29, 1.82) is 0 Å². The second-order valence-electron chi connectivity index (χ2n) is 4.98. The van der Waals surface area contributed by atoms with Crippen LogP contribution in [0.15, 0.2) is 46.9 Å². The van der Waals surface area contributed by atoms with Crippen LogP contribution >= 0.6 is 0 Å². The van der Waals surface area contributed by atoms with E-state index in [0.29, 0.717) is 12.3 Å². The largest absolute Gasteiger partial charge is 0.479 e. The Morgan fingerprint density at radius 3 is 2.70 bits per heavy atom. The molecule has 1 aromatic carbocycles. The molecular weight excluding hydrogens is 302 g/mol. The number of morpholine rings is 1. The van der Waals surface area contributed by atoms with Gasteiger partial charge in [-0.1, -0.05) is 18.2 Å². The first-order valence-electron chi connectivity index (χ1n) is 7.10. The number of carbonyl (C=O) groups is 2. The van der Waals surface area contributed by atoms with Crippen molar-refractivity contribution in [2.24, 2.45) is 0 Å². The molecule has 0 radical (unpaired) electrons. The molecule has 23 heavy (non-hydrogen) atoms. The minimum Gasteiger partial charge on any atom is -0.479 e. The summed E-state index contributed by atoms with van der Waals surface area (Å²) in [6.45, 7) is 0.485. The van der Waals surface area contributed by atoms with E-state index in [4.69, 9.17) is 19.0 Å². The fraction of sp³-hybridized carbons (Fsp3) is 0.250. The van der Waals surface area contributed by atoms with Crippen molar-refractivity contribution in [3.63, 3.8) is 0 Å². The Bertz CT molecular complexity index is 696. The lowest BCUT2D eigenvalue weighted by Crippen LogP contribution is -2.48. The van der Waals surface area contributed by atoms with E-state index < -0.39 is 12.1 Å². The first kappa shape index (κ1) is 15.1. The fourth-order valence-corrected chi connectivity index (χ4v) is 2.23. The highest BCUT2D eigenvalue weighted by atomic mass is 16.6. The van der Waals surface area contributed by atoms with Crippen molar-refractivity contribution >= 4 is 11.9 Å². The molecular formula is C16H15NO6. The zero-order chi connectivity index (χ0) is 16.2. The molecule has 3 rings (SSSR count). The number of carboxylic acids is 1. The monoisotopic (exact) mass is 317 g/mol. The van der Waals surface area contributed by atoms with E-state index in [-0.39, 0.29) is 30.8 Å². The topological polar surface area (TPSA) is 89.2 Å². The third-order valence-corrected chi connectivity index (χ3v) is 3.38. The molecule has 1 aliphatic heterocycles. The Labute approximate surface area is 132 Å². The summed E-state index contributed by atoms with van der Waals surface area (Å²) in [7, 11) is 0. The van der Waals surface area contributed by atoms with E-state index in [9.17, 15) is 9.59 Å². The summed E-state index contributed by atoms with van der Waals surface area (Å²) in [5.41, 5.74) is 0. The second kappa shape index (κ2) is 6.53. The minimum absolute atomic E-state index is 0.0102. The van der Waals surface area contributed by atoms with Gasteiger partial charge in [-0.2, -0.15) is 0 Å². The molecule has 0 saturated carbocycles. The molecule has 1 saturated heterocycles. The zero-order valence-corrected chi connectivity index (χ0v) is 12.2. The van der Waals surface area contributed by atoms with Crippen molar-refractivity contribution in [1.82, 2.24) is 4.90 Å². The van der Waals surface area contributed by atoms with Gasteiger partial charge in [-0.05, 0) is 18.2 Å². The van der Waals surface area contributed by atoms with Crippen molar-refractivity contribution in [3.05, 3.63) is 48.2 Å². The molecule has 2 heterocycles. The van der Waals surface area contributed by atoms with Crippen molar-refractivity contribution in [2.45, 2.75) is 6.10 Å². The zero-order valence-electron chi connectivity index (χ0n) is 12.2. The van der Waals surface area contributed by atoms with E-state index in [2.05, 4.69) is 0 Å². The fourth-order valence-electron chi connectivity index (χ4n) is 2.23. The summed E-state index contributed by atoms with van der Waals surface area (Å²) in [6.07, 6.45) is -1.01.